The molecular formula is C22H33N3O6. The van der Waals surface area contributed by atoms with Gasteiger partial charge in [0.25, 0.3) is 11.8 Å². The molecule has 0 radical (unpaired) electrons. The van der Waals surface area contributed by atoms with E-state index in [2.05, 4.69) is 6.92 Å². The van der Waals surface area contributed by atoms with Gasteiger partial charge in [0.15, 0.2) is 0 Å². The zero-order valence-electron chi connectivity index (χ0n) is 18.8. The van der Waals surface area contributed by atoms with E-state index in [9.17, 15) is 19.2 Å². The third-order valence-electron chi connectivity index (χ3n) is 6.35. The number of imide groups is 1. The van der Waals surface area contributed by atoms with Gasteiger partial charge in [-0.3, -0.25) is 14.4 Å². The van der Waals surface area contributed by atoms with Crippen molar-refractivity contribution in [3.05, 3.63) is 12.2 Å². The van der Waals surface area contributed by atoms with Gasteiger partial charge < -0.3 is 9.74 Å². The van der Waals surface area contributed by atoms with Crippen LogP contribution in [0, 0.1) is 17.8 Å². The van der Waals surface area contributed by atoms with E-state index >= 15 is 0 Å². The van der Waals surface area contributed by atoms with Crippen molar-refractivity contribution in [1.29, 1.82) is 0 Å². The van der Waals surface area contributed by atoms with E-state index in [1.807, 2.05) is 19.1 Å². The Balaban J connectivity index is 1.63. The van der Waals surface area contributed by atoms with Crippen molar-refractivity contribution in [3.63, 3.8) is 0 Å². The van der Waals surface area contributed by atoms with E-state index < -0.39 is 29.7 Å². The molecule has 2 heterocycles. The summed E-state index contributed by atoms with van der Waals surface area (Å²) in [6, 6.07) is -1.32. The van der Waals surface area contributed by atoms with Gasteiger partial charge in [0, 0.05) is 19.4 Å². The summed E-state index contributed by atoms with van der Waals surface area (Å²) in [5.41, 5.74) is 0. The number of unbranched alkanes of at least 4 members (excludes halogenated alkanes) is 1. The first-order valence-corrected chi connectivity index (χ1v) is 11.2. The van der Waals surface area contributed by atoms with Gasteiger partial charge in [-0.2, -0.15) is 5.06 Å². The highest BCUT2D eigenvalue weighted by Crippen LogP contribution is 2.32. The van der Waals surface area contributed by atoms with Gasteiger partial charge in [0.05, 0.1) is 12.6 Å². The summed E-state index contributed by atoms with van der Waals surface area (Å²) in [4.78, 5) is 62.9. The number of carbonyl (C=O) groups excluding carboxylic acids is 4. The average molecular weight is 436 g/mol. The van der Waals surface area contributed by atoms with Crippen molar-refractivity contribution in [2.24, 2.45) is 17.8 Å². The quantitative estimate of drug-likeness (QED) is 0.347. The summed E-state index contributed by atoms with van der Waals surface area (Å²) in [5.74, 6) is -2.11. The molecule has 0 saturated carbocycles. The lowest BCUT2D eigenvalue weighted by atomic mass is 9.91. The molecule has 4 amide bonds. The maximum absolute atomic E-state index is 12.9. The molecule has 1 unspecified atom stereocenters. The molecule has 2 aliphatic heterocycles. The number of nitrogens with zero attached hydrogens (tertiary/aromatic N) is 3. The molecule has 0 aromatic carbocycles. The van der Waals surface area contributed by atoms with Gasteiger partial charge in [-0.05, 0) is 37.5 Å². The fraction of sp³-hybridized carbons (Fsp3) is 0.727. The topological polar surface area (TPSA) is 96.5 Å². The molecule has 2 bridgehead atoms. The minimum atomic E-state index is -0.847. The second-order valence-corrected chi connectivity index (χ2v) is 8.81. The van der Waals surface area contributed by atoms with Gasteiger partial charge >= 0.3 is 12.0 Å². The number of allylic oxidation sites excluding steroid dienone is 2. The van der Waals surface area contributed by atoms with Crippen molar-refractivity contribution in [1.82, 2.24) is 15.0 Å². The summed E-state index contributed by atoms with van der Waals surface area (Å²) in [5, 5.41) is 1.92. The van der Waals surface area contributed by atoms with Crippen molar-refractivity contribution < 1.29 is 28.9 Å². The van der Waals surface area contributed by atoms with Crippen LogP contribution in [0.3, 0.4) is 0 Å². The van der Waals surface area contributed by atoms with Gasteiger partial charge in [0.1, 0.15) is 6.04 Å². The molecule has 9 nitrogen and oxygen atoms in total. The Morgan fingerprint density at radius 2 is 2.00 bits per heavy atom. The predicted molar refractivity (Wildman–Crippen MR) is 111 cm³/mol. The Morgan fingerprint density at radius 3 is 2.61 bits per heavy atom. The Bertz CT molecular complexity index is 754. The van der Waals surface area contributed by atoms with Crippen LogP contribution >= 0.6 is 0 Å². The largest absolute Gasteiger partial charge is 0.355 e. The molecular weight excluding hydrogens is 402 g/mol. The van der Waals surface area contributed by atoms with Crippen LogP contribution in [-0.2, 0) is 24.1 Å². The fourth-order valence-electron chi connectivity index (χ4n) is 4.42. The van der Waals surface area contributed by atoms with E-state index in [1.165, 1.54) is 16.9 Å². The van der Waals surface area contributed by atoms with E-state index in [-0.39, 0.29) is 18.0 Å². The van der Waals surface area contributed by atoms with Gasteiger partial charge in [0.2, 0.25) is 0 Å². The smallest absolute Gasteiger partial charge is 0.328 e. The van der Waals surface area contributed by atoms with Crippen LogP contribution in [0.1, 0.15) is 59.8 Å². The molecule has 1 aliphatic carbocycles. The maximum atomic E-state index is 12.9. The third kappa shape index (κ3) is 4.92. The molecule has 0 spiro atoms. The fourth-order valence-corrected chi connectivity index (χ4v) is 4.42. The van der Waals surface area contributed by atoms with E-state index in [1.54, 1.807) is 6.92 Å². The molecule has 9 heteroatoms. The predicted octanol–water partition coefficient (Wildman–Crippen LogP) is 2.67. The molecule has 172 valence electrons. The zero-order chi connectivity index (χ0) is 22.7. The number of hydrogen-bond acceptors (Lipinski definition) is 6. The summed E-state index contributed by atoms with van der Waals surface area (Å²) in [6.07, 6.45) is 7.60. The lowest BCUT2D eigenvalue weighted by Crippen LogP contribution is -2.50. The van der Waals surface area contributed by atoms with Crippen LogP contribution < -0.4 is 0 Å². The molecule has 0 aromatic heterocycles. The van der Waals surface area contributed by atoms with E-state index in [0.717, 1.165) is 19.3 Å². The van der Waals surface area contributed by atoms with Crippen LogP contribution in [0.25, 0.3) is 0 Å². The maximum Gasteiger partial charge on any atom is 0.355 e. The second kappa shape index (κ2) is 9.80. The third-order valence-corrected chi connectivity index (χ3v) is 6.35. The highest BCUT2D eigenvalue weighted by molar-refractivity contribution is 5.96. The number of hydroxylamine groups is 4. The highest BCUT2D eigenvalue weighted by Gasteiger charge is 2.49. The minimum absolute atomic E-state index is 0.00696. The summed E-state index contributed by atoms with van der Waals surface area (Å²) >= 11 is 0. The number of carbonyl (C=O) groups is 4. The standard InChI is InChI=1S/C22H33N3O6/c1-5-6-11-30-25-18-9-10-19(23(13-18)22(25)29)21(28)31-24(16(4)26)20(27)15(3)17-8-7-14(2)12-17/h7-8,14-15,17-19H,5-6,9-13H2,1-4H3/t14-,15?,17+,18-,19-/m0/s1. The minimum Gasteiger partial charge on any atom is -0.328 e. The molecule has 0 N–H and O–H groups in total. The van der Waals surface area contributed by atoms with Gasteiger partial charge in [-0.1, -0.05) is 39.3 Å². The SMILES string of the molecule is CCCCON1C(=O)N2C[C@@H]1CC[C@H]2C(=O)ON(C(C)=O)C(=O)C(C)[C@@H]1C=C[C@H](C)C1. The first kappa shape index (κ1) is 23.2. The van der Waals surface area contributed by atoms with Crippen LogP contribution in [0.4, 0.5) is 4.79 Å². The summed E-state index contributed by atoms with van der Waals surface area (Å²) in [7, 11) is 0. The monoisotopic (exact) mass is 435 g/mol. The normalized spacial score (nSPS) is 28.1. The molecule has 2 fully saturated rings. The molecule has 3 rings (SSSR count). The lowest BCUT2D eigenvalue weighted by molar-refractivity contribution is -0.207. The Morgan fingerprint density at radius 1 is 1.26 bits per heavy atom. The summed E-state index contributed by atoms with van der Waals surface area (Å²) < 4.78 is 0. The van der Waals surface area contributed by atoms with Crippen molar-refractivity contribution in [2.45, 2.75) is 71.9 Å². The number of amides is 4. The number of urea groups is 1. The highest BCUT2D eigenvalue weighted by atomic mass is 16.7. The van der Waals surface area contributed by atoms with E-state index in [0.29, 0.717) is 37.0 Å². The first-order chi connectivity index (χ1) is 14.7. The zero-order valence-corrected chi connectivity index (χ0v) is 18.8. The van der Waals surface area contributed by atoms with Gasteiger partial charge in [-0.25, -0.2) is 9.59 Å². The van der Waals surface area contributed by atoms with Crippen LogP contribution in [0.5, 0.6) is 0 Å². The number of hydrogen-bond donors (Lipinski definition) is 0. The Labute approximate surface area is 183 Å². The first-order valence-electron chi connectivity index (χ1n) is 11.2. The van der Waals surface area contributed by atoms with Crippen molar-refractivity contribution in [2.75, 3.05) is 13.2 Å². The lowest BCUT2D eigenvalue weighted by Gasteiger charge is -2.30. The Hall–Kier alpha value is -2.42. The number of rotatable bonds is 7. The van der Waals surface area contributed by atoms with Crippen LogP contribution in [-0.4, -0.2) is 64.1 Å². The van der Waals surface area contributed by atoms with Crippen LogP contribution in [0.15, 0.2) is 12.2 Å². The Kier molecular flexibility index (Phi) is 7.35. The van der Waals surface area contributed by atoms with E-state index in [4.69, 9.17) is 9.68 Å². The molecule has 0 aromatic rings. The van der Waals surface area contributed by atoms with Crippen molar-refractivity contribution in [3.8, 4) is 0 Å². The second-order valence-electron chi connectivity index (χ2n) is 8.81. The number of piperidine rings is 1. The molecule has 2 saturated heterocycles. The molecule has 3 aliphatic rings. The average Bonchev–Trinajstić information content (AvgIpc) is 3.27. The van der Waals surface area contributed by atoms with Gasteiger partial charge in [-0.15, -0.1) is 5.06 Å². The molecule has 31 heavy (non-hydrogen) atoms. The van der Waals surface area contributed by atoms with Crippen molar-refractivity contribution >= 4 is 23.8 Å². The number of fused-ring (bicyclic) bond motifs is 2. The molecule has 5 atom stereocenters. The summed E-state index contributed by atoms with van der Waals surface area (Å²) in [6.45, 7) is 7.83. The van der Waals surface area contributed by atoms with Crippen LogP contribution in [0.2, 0.25) is 0 Å².